The van der Waals surface area contributed by atoms with E-state index in [1.54, 1.807) is 19.1 Å². The third-order valence-electron chi connectivity index (χ3n) is 6.49. The van der Waals surface area contributed by atoms with Crippen LogP contribution in [0.1, 0.15) is 28.3 Å². The second kappa shape index (κ2) is 9.03. The van der Waals surface area contributed by atoms with E-state index in [0.29, 0.717) is 22.6 Å². The van der Waals surface area contributed by atoms with Crippen LogP contribution in [0, 0.1) is 12.7 Å². The minimum atomic E-state index is -0.836. The molecule has 0 spiro atoms. The van der Waals surface area contributed by atoms with Crippen LogP contribution in [0.5, 0.6) is 11.5 Å². The van der Waals surface area contributed by atoms with E-state index in [2.05, 4.69) is 0 Å². The van der Waals surface area contributed by atoms with Crippen LogP contribution >= 0.6 is 0 Å². The van der Waals surface area contributed by atoms with E-state index in [-0.39, 0.29) is 30.2 Å². The fourth-order valence-electron chi connectivity index (χ4n) is 4.53. The van der Waals surface area contributed by atoms with Gasteiger partial charge in [-0.05, 0) is 66.1 Å². The number of aliphatic hydroxyl groups excluding tert-OH is 1. The lowest BCUT2D eigenvalue weighted by Gasteiger charge is -2.26. The van der Waals surface area contributed by atoms with Crippen LogP contribution in [0.25, 0.3) is 5.76 Å². The lowest BCUT2D eigenvalue weighted by molar-refractivity contribution is -0.140. The zero-order valence-corrected chi connectivity index (χ0v) is 20.1. The Bertz CT molecular complexity index is 1400. The second-order valence-electron chi connectivity index (χ2n) is 9.06. The van der Waals surface area contributed by atoms with Crippen molar-refractivity contribution in [3.63, 3.8) is 0 Å². The van der Waals surface area contributed by atoms with Gasteiger partial charge in [-0.2, -0.15) is 0 Å². The Hall–Kier alpha value is -4.33. The molecule has 7 nitrogen and oxygen atoms in total. The number of carbonyl (C=O) groups excluding carboxylic acids is 2. The summed E-state index contributed by atoms with van der Waals surface area (Å²) in [5.41, 5.74) is 2.91. The number of carbonyl (C=O) groups is 2. The molecule has 2 heterocycles. The summed E-state index contributed by atoms with van der Waals surface area (Å²) < 4.78 is 24.7. The molecule has 1 amide bonds. The van der Waals surface area contributed by atoms with Gasteiger partial charge in [0.05, 0.1) is 11.6 Å². The molecule has 184 valence electrons. The average molecular weight is 489 g/mol. The molecule has 0 radical (unpaired) electrons. The normalized spacial score (nSPS) is 18.1. The molecule has 1 atom stereocenters. The molecular formula is C28H25FN2O5. The van der Waals surface area contributed by atoms with Gasteiger partial charge in [0, 0.05) is 31.9 Å². The number of likely N-dealkylation sites (tertiary alicyclic amines) is 1. The minimum Gasteiger partial charge on any atom is -0.507 e. The molecule has 36 heavy (non-hydrogen) atoms. The van der Waals surface area contributed by atoms with E-state index in [1.165, 1.54) is 23.1 Å². The van der Waals surface area contributed by atoms with Crippen molar-refractivity contribution in [1.29, 1.82) is 0 Å². The maximum Gasteiger partial charge on any atom is 0.295 e. The van der Waals surface area contributed by atoms with Crippen molar-refractivity contribution >= 4 is 23.1 Å². The molecule has 0 aromatic heterocycles. The van der Waals surface area contributed by atoms with Crippen LogP contribution in [-0.2, 0) is 16.1 Å². The van der Waals surface area contributed by atoms with E-state index >= 15 is 0 Å². The lowest BCUT2D eigenvalue weighted by Crippen LogP contribution is -2.29. The molecule has 1 N–H and O–H groups in total. The molecule has 1 saturated heterocycles. The highest BCUT2D eigenvalue weighted by Crippen LogP contribution is 2.41. The summed E-state index contributed by atoms with van der Waals surface area (Å²) in [6.45, 7) is 1.81. The van der Waals surface area contributed by atoms with Gasteiger partial charge >= 0.3 is 0 Å². The molecule has 1 unspecified atom stereocenters. The smallest absolute Gasteiger partial charge is 0.295 e. The first-order valence-corrected chi connectivity index (χ1v) is 11.5. The highest BCUT2D eigenvalue weighted by Gasteiger charge is 2.46. The number of Topliss-reactive ketones (excluding diaryl/α,β-unsaturated/α-hetero) is 1. The maximum atomic E-state index is 13.9. The quantitative estimate of drug-likeness (QED) is 0.323. The summed E-state index contributed by atoms with van der Waals surface area (Å²) in [6, 6.07) is 16.0. The molecule has 3 aromatic rings. The number of aryl methyl sites for hydroxylation is 1. The van der Waals surface area contributed by atoms with Gasteiger partial charge < -0.3 is 24.4 Å². The van der Waals surface area contributed by atoms with E-state index in [0.717, 1.165) is 11.3 Å². The lowest BCUT2D eigenvalue weighted by atomic mass is 9.94. The third-order valence-corrected chi connectivity index (χ3v) is 6.49. The van der Waals surface area contributed by atoms with Crippen molar-refractivity contribution in [3.8, 4) is 11.5 Å². The van der Waals surface area contributed by atoms with Gasteiger partial charge in [-0.15, -0.1) is 0 Å². The fourth-order valence-corrected chi connectivity index (χ4v) is 4.53. The van der Waals surface area contributed by atoms with Crippen molar-refractivity contribution < 1.29 is 28.6 Å². The predicted octanol–water partition coefficient (Wildman–Crippen LogP) is 4.55. The number of amides is 1. The largest absolute Gasteiger partial charge is 0.507 e. The number of anilines is 1. The van der Waals surface area contributed by atoms with Crippen molar-refractivity contribution in [1.82, 2.24) is 4.90 Å². The summed E-state index contributed by atoms with van der Waals surface area (Å²) >= 11 is 0. The number of rotatable bonds is 5. The molecule has 2 aliphatic rings. The summed E-state index contributed by atoms with van der Waals surface area (Å²) in [7, 11) is 3.83. The number of halogens is 1. The third kappa shape index (κ3) is 4.04. The highest BCUT2D eigenvalue weighted by molar-refractivity contribution is 6.46. The molecule has 5 rings (SSSR count). The van der Waals surface area contributed by atoms with Crippen molar-refractivity contribution in [2.24, 2.45) is 0 Å². The molecule has 0 bridgehead atoms. The van der Waals surface area contributed by atoms with Crippen LogP contribution in [0.2, 0.25) is 0 Å². The van der Waals surface area contributed by atoms with Crippen LogP contribution in [0.4, 0.5) is 10.1 Å². The summed E-state index contributed by atoms with van der Waals surface area (Å²) in [4.78, 5) is 29.9. The number of aliphatic hydroxyl groups is 1. The summed E-state index contributed by atoms with van der Waals surface area (Å²) in [5.74, 6) is -1.11. The molecule has 2 aliphatic heterocycles. The molecule has 1 fully saturated rings. The van der Waals surface area contributed by atoms with Gasteiger partial charge in [0.1, 0.15) is 11.6 Å². The Balaban J connectivity index is 1.62. The zero-order valence-electron chi connectivity index (χ0n) is 20.1. The Kier molecular flexibility index (Phi) is 5.88. The standard InChI is InChI=1S/C28H25FN2O5/c1-16-12-19(7-10-21(16)29)26(32)24-25(18-5-8-20(9-6-18)30(2)3)31(28(34)27(24)33)14-17-4-11-22-23(13-17)36-15-35-22/h4-13,25,32H,14-15H2,1-3H3/b26-24+. The maximum absolute atomic E-state index is 13.9. The van der Waals surface area contributed by atoms with Gasteiger partial charge in [-0.3, -0.25) is 9.59 Å². The van der Waals surface area contributed by atoms with Crippen molar-refractivity contribution in [2.75, 3.05) is 25.8 Å². The van der Waals surface area contributed by atoms with Gasteiger partial charge in [-0.1, -0.05) is 18.2 Å². The summed E-state index contributed by atoms with van der Waals surface area (Å²) in [5, 5.41) is 11.2. The average Bonchev–Trinajstić information content (AvgIpc) is 3.43. The first kappa shape index (κ1) is 23.4. The fraction of sp³-hybridized carbons (Fsp3) is 0.214. The Labute approximate surface area is 208 Å². The van der Waals surface area contributed by atoms with E-state index in [1.807, 2.05) is 49.3 Å². The van der Waals surface area contributed by atoms with Gasteiger partial charge in [0.25, 0.3) is 11.7 Å². The highest BCUT2D eigenvalue weighted by atomic mass is 19.1. The van der Waals surface area contributed by atoms with E-state index in [4.69, 9.17) is 9.47 Å². The number of nitrogens with zero attached hydrogens (tertiary/aromatic N) is 2. The molecule has 0 saturated carbocycles. The number of fused-ring (bicyclic) bond motifs is 1. The Morgan fingerprint density at radius 3 is 2.44 bits per heavy atom. The number of hydrogen-bond donors (Lipinski definition) is 1. The van der Waals surface area contributed by atoms with Gasteiger partial charge in [-0.25, -0.2) is 4.39 Å². The van der Waals surface area contributed by atoms with Crippen molar-refractivity contribution in [2.45, 2.75) is 19.5 Å². The predicted molar refractivity (Wildman–Crippen MR) is 132 cm³/mol. The van der Waals surface area contributed by atoms with Crippen LogP contribution in [0.3, 0.4) is 0 Å². The molecule has 3 aromatic carbocycles. The second-order valence-corrected chi connectivity index (χ2v) is 9.06. The zero-order chi connectivity index (χ0) is 25.6. The van der Waals surface area contributed by atoms with E-state index in [9.17, 15) is 19.1 Å². The first-order chi connectivity index (χ1) is 17.2. The topological polar surface area (TPSA) is 79.3 Å². The first-order valence-electron chi connectivity index (χ1n) is 11.5. The van der Waals surface area contributed by atoms with Gasteiger partial charge in [0.15, 0.2) is 11.5 Å². The number of benzene rings is 3. The Morgan fingerprint density at radius 1 is 1.03 bits per heavy atom. The SMILES string of the molecule is Cc1cc(/C(O)=C2\C(=O)C(=O)N(Cc3ccc4c(c3)OCO4)C2c2ccc(N(C)C)cc2)ccc1F. The minimum absolute atomic E-state index is 0.0376. The number of ether oxygens (including phenoxy) is 2. The monoisotopic (exact) mass is 488 g/mol. The van der Waals surface area contributed by atoms with E-state index < -0.39 is 23.5 Å². The van der Waals surface area contributed by atoms with Crippen LogP contribution in [-0.4, -0.2) is 42.6 Å². The van der Waals surface area contributed by atoms with Crippen molar-refractivity contribution in [3.05, 3.63) is 94.3 Å². The molecule has 8 heteroatoms. The van der Waals surface area contributed by atoms with Crippen LogP contribution in [0.15, 0.2) is 66.2 Å². The molecular weight excluding hydrogens is 463 g/mol. The number of hydrogen-bond acceptors (Lipinski definition) is 6. The Morgan fingerprint density at radius 2 is 1.75 bits per heavy atom. The van der Waals surface area contributed by atoms with Crippen LogP contribution < -0.4 is 14.4 Å². The molecule has 0 aliphatic carbocycles. The number of ketones is 1. The summed E-state index contributed by atoms with van der Waals surface area (Å²) in [6.07, 6.45) is 0. The van der Waals surface area contributed by atoms with Gasteiger partial charge in [0.2, 0.25) is 6.79 Å².